The Balaban J connectivity index is 1.55. The van der Waals surface area contributed by atoms with E-state index < -0.39 is 38.7 Å². The van der Waals surface area contributed by atoms with Gasteiger partial charge in [0.25, 0.3) is 0 Å². The molecule has 208 valence electrons. The van der Waals surface area contributed by atoms with E-state index >= 15 is 0 Å². The molecule has 4 aromatic rings. The van der Waals surface area contributed by atoms with Crippen LogP contribution in [0.25, 0.3) is 21.9 Å². The van der Waals surface area contributed by atoms with E-state index in [1.165, 1.54) is 30.3 Å². The van der Waals surface area contributed by atoms with Gasteiger partial charge in [0.2, 0.25) is 5.43 Å². The molecule has 0 aliphatic rings. The highest BCUT2D eigenvalue weighted by molar-refractivity contribution is 7.46. The van der Waals surface area contributed by atoms with Crippen LogP contribution in [-0.4, -0.2) is 40.0 Å². The first-order valence-corrected chi connectivity index (χ1v) is 12.9. The molecule has 1 unspecified atom stereocenters. The molecule has 10 nitrogen and oxygen atoms in total. The minimum Gasteiger partial charge on any atom is -0.457 e. The smallest absolute Gasteiger partial charge is 0.457 e. The Bertz CT molecular complexity index is 1580. The molecule has 1 atom stereocenters. The van der Waals surface area contributed by atoms with Crippen LogP contribution in [0, 0.1) is 0 Å². The van der Waals surface area contributed by atoms with Crippen molar-refractivity contribution in [3.05, 3.63) is 76.5 Å². The number of rotatable bonds is 10. The van der Waals surface area contributed by atoms with Crippen LogP contribution in [0.4, 0.5) is 13.2 Å². The summed E-state index contributed by atoms with van der Waals surface area (Å²) >= 11 is 0. The maximum atomic E-state index is 13.0. The predicted molar refractivity (Wildman–Crippen MR) is 134 cm³/mol. The highest BCUT2D eigenvalue weighted by atomic mass is 31.2. The minimum absolute atomic E-state index is 0.109. The summed E-state index contributed by atoms with van der Waals surface area (Å²) in [6.07, 6.45) is -4.43. The Kier molecular flexibility index (Phi) is 8.03. The summed E-state index contributed by atoms with van der Waals surface area (Å²) in [5.74, 6) is 0.0968. The first-order chi connectivity index (χ1) is 18.2. The monoisotopic (exact) mass is 569 g/mol. The van der Waals surface area contributed by atoms with Gasteiger partial charge in [0.15, 0.2) is 0 Å². The third-order valence-electron chi connectivity index (χ3n) is 5.75. The van der Waals surface area contributed by atoms with Gasteiger partial charge < -0.3 is 34.5 Å². The maximum absolute atomic E-state index is 13.0. The average Bonchev–Trinajstić information content (AvgIpc) is 2.86. The molecule has 39 heavy (non-hydrogen) atoms. The van der Waals surface area contributed by atoms with E-state index in [1.807, 2.05) is 0 Å². The number of hydrogen-bond acceptors (Lipinski definition) is 8. The minimum atomic E-state index is -4.81. The highest BCUT2D eigenvalue weighted by Crippen LogP contribution is 2.37. The molecule has 0 spiro atoms. The van der Waals surface area contributed by atoms with Crippen molar-refractivity contribution in [2.75, 3.05) is 13.2 Å². The van der Waals surface area contributed by atoms with Gasteiger partial charge in [0.1, 0.15) is 28.4 Å². The molecular weight excluding hydrogens is 546 g/mol. The first kappa shape index (κ1) is 28.6. The second-order valence-electron chi connectivity index (χ2n) is 8.83. The molecule has 14 heteroatoms. The fourth-order valence-electron chi connectivity index (χ4n) is 3.74. The van der Waals surface area contributed by atoms with Crippen LogP contribution >= 0.6 is 7.82 Å². The molecule has 0 fully saturated rings. The number of phosphoric ester groups is 1. The van der Waals surface area contributed by atoms with Gasteiger partial charge >= 0.3 is 14.2 Å². The summed E-state index contributed by atoms with van der Waals surface area (Å²) in [4.78, 5) is 30.8. The van der Waals surface area contributed by atoms with Gasteiger partial charge in [-0.15, -0.1) is 13.2 Å². The molecule has 0 bridgehead atoms. The van der Waals surface area contributed by atoms with Crippen LogP contribution in [0.5, 0.6) is 17.2 Å². The number of alkyl halides is 3. The zero-order chi connectivity index (χ0) is 28.4. The molecule has 4 rings (SSSR count). The Morgan fingerprint density at radius 3 is 2.10 bits per heavy atom. The molecule has 0 aliphatic heterocycles. The standard InChI is InChI=1S/C25H23F3NO9P/c26-25(27,28)38-17-4-2-16(3-5-17)36-18-6-8-20-22(12-18)37-21-11-15(1-7-19(21)23(20)31)9-10-24(29,13-30)14-35-39(32,33)34/h1-8,11-12,30H,9-10,13-14,29H2,(H2,32,33,34). The number of fused-ring (bicyclic) bond motifs is 2. The van der Waals surface area contributed by atoms with Crippen molar-refractivity contribution in [2.24, 2.45) is 5.73 Å². The summed E-state index contributed by atoms with van der Waals surface area (Å²) in [6, 6.07) is 14.2. The molecule has 0 aliphatic carbocycles. The van der Waals surface area contributed by atoms with Crippen molar-refractivity contribution in [1.29, 1.82) is 0 Å². The van der Waals surface area contributed by atoms with E-state index in [-0.39, 0.29) is 46.3 Å². The summed E-state index contributed by atoms with van der Waals surface area (Å²) < 4.78 is 67.9. The van der Waals surface area contributed by atoms with E-state index in [0.29, 0.717) is 10.9 Å². The van der Waals surface area contributed by atoms with Crippen LogP contribution in [0.1, 0.15) is 12.0 Å². The van der Waals surface area contributed by atoms with Gasteiger partial charge in [0, 0.05) is 6.07 Å². The molecule has 0 radical (unpaired) electrons. The Hall–Kier alpha value is -3.45. The van der Waals surface area contributed by atoms with Gasteiger partial charge in [0.05, 0.1) is 29.5 Å². The Labute approximate surface area is 218 Å². The number of phosphoric acid groups is 1. The van der Waals surface area contributed by atoms with Crippen LogP contribution in [0.15, 0.2) is 69.9 Å². The van der Waals surface area contributed by atoms with Crippen molar-refractivity contribution >= 4 is 29.8 Å². The molecule has 5 N–H and O–H groups in total. The summed E-state index contributed by atoms with van der Waals surface area (Å²) in [5.41, 5.74) is 5.45. The van der Waals surface area contributed by atoms with Crippen LogP contribution < -0.4 is 20.6 Å². The van der Waals surface area contributed by atoms with Crippen molar-refractivity contribution < 1.29 is 51.0 Å². The van der Waals surface area contributed by atoms with Crippen molar-refractivity contribution in [1.82, 2.24) is 0 Å². The Morgan fingerprint density at radius 2 is 1.49 bits per heavy atom. The third kappa shape index (κ3) is 7.57. The van der Waals surface area contributed by atoms with Gasteiger partial charge in [-0.05, 0) is 66.9 Å². The topological polar surface area (TPSA) is 162 Å². The summed E-state index contributed by atoms with van der Waals surface area (Å²) in [6.45, 7) is -1.15. The number of aryl methyl sites for hydroxylation is 1. The number of aliphatic hydroxyl groups excluding tert-OH is 1. The van der Waals surface area contributed by atoms with E-state index in [0.717, 1.165) is 12.1 Å². The fraction of sp³-hybridized carbons (Fsp3) is 0.240. The lowest BCUT2D eigenvalue weighted by molar-refractivity contribution is -0.274. The van der Waals surface area contributed by atoms with Crippen molar-refractivity contribution in [3.8, 4) is 17.2 Å². The van der Waals surface area contributed by atoms with Crippen LogP contribution in [0.3, 0.4) is 0 Å². The molecule has 0 saturated carbocycles. The molecule has 0 saturated heterocycles. The largest absolute Gasteiger partial charge is 0.573 e. The molecular formula is C25H23F3NO9P. The van der Waals surface area contributed by atoms with Gasteiger partial charge in [-0.1, -0.05) is 6.07 Å². The summed E-state index contributed by atoms with van der Waals surface area (Å²) in [5, 5.41) is 10.2. The zero-order valence-electron chi connectivity index (χ0n) is 20.1. The Morgan fingerprint density at radius 1 is 0.897 bits per heavy atom. The number of hydrogen-bond donors (Lipinski definition) is 4. The highest BCUT2D eigenvalue weighted by Gasteiger charge is 2.31. The fourth-order valence-corrected chi connectivity index (χ4v) is 4.17. The van der Waals surface area contributed by atoms with Crippen molar-refractivity contribution in [2.45, 2.75) is 24.7 Å². The SMILES string of the molecule is NC(CO)(CCc1ccc2c(=O)c3ccc(Oc4ccc(OC(F)(F)F)cc4)cc3oc2c1)COP(=O)(O)O. The second-order valence-corrected chi connectivity index (χ2v) is 10.1. The number of nitrogens with two attached hydrogens (primary N) is 1. The van der Waals surface area contributed by atoms with Crippen LogP contribution in [0.2, 0.25) is 0 Å². The van der Waals surface area contributed by atoms with Gasteiger partial charge in [-0.3, -0.25) is 9.32 Å². The van der Waals surface area contributed by atoms with E-state index in [1.54, 1.807) is 18.2 Å². The number of aliphatic hydroxyl groups is 1. The lowest BCUT2D eigenvalue weighted by Gasteiger charge is -2.27. The average molecular weight is 569 g/mol. The molecule has 0 amide bonds. The number of benzene rings is 3. The number of halogens is 3. The van der Waals surface area contributed by atoms with Crippen molar-refractivity contribution in [3.63, 3.8) is 0 Å². The zero-order valence-corrected chi connectivity index (χ0v) is 20.9. The lowest BCUT2D eigenvalue weighted by atomic mass is 9.93. The van der Waals surface area contributed by atoms with E-state index in [9.17, 15) is 27.6 Å². The molecule has 3 aromatic carbocycles. The van der Waals surface area contributed by atoms with E-state index in [4.69, 9.17) is 24.7 Å². The summed E-state index contributed by atoms with van der Waals surface area (Å²) in [7, 11) is -4.77. The normalized spacial score (nSPS) is 13.9. The predicted octanol–water partition coefficient (Wildman–Crippen LogP) is 4.37. The third-order valence-corrected chi connectivity index (χ3v) is 6.21. The maximum Gasteiger partial charge on any atom is 0.573 e. The van der Waals surface area contributed by atoms with Crippen LogP contribution in [-0.2, 0) is 15.5 Å². The molecule has 1 aromatic heterocycles. The number of ether oxygens (including phenoxy) is 2. The van der Waals surface area contributed by atoms with Gasteiger partial charge in [-0.25, -0.2) is 4.57 Å². The van der Waals surface area contributed by atoms with E-state index in [2.05, 4.69) is 9.26 Å². The first-order valence-electron chi connectivity index (χ1n) is 11.4. The molecule has 1 heterocycles. The lowest BCUT2D eigenvalue weighted by Crippen LogP contribution is -2.48. The quantitative estimate of drug-likeness (QED) is 0.159. The van der Waals surface area contributed by atoms with Gasteiger partial charge in [-0.2, -0.15) is 0 Å². The second kappa shape index (κ2) is 11.0.